The van der Waals surface area contributed by atoms with Crippen LogP contribution in [0.25, 0.3) is 0 Å². The van der Waals surface area contributed by atoms with Crippen molar-refractivity contribution in [3.05, 3.63) is 75.9 Å². The van der Waals surface area contributed by atoms with Crippen LogP contribution in [0.2, 0.25) is 0 Å². The molecule has 3 aromatic rings. The molecule has 1 amide bonds. The molecule has 0 aliphatic heterocycles. The van der Waals surface area contributed by atoms with Gasteiger partial charge < -0.3 is 14.1 Å². The fraction of sp³-hybridized carbons (Fsp3) is 0.250. The largest absolute Gasteiger partial charge is 0.493 e. The molecule has 0 radical (unpaired) electrons. The van der Waals surface area contributed by atoms with Gasteiger partial charge in [-0.1, -0.05) is 12.1 Å². The summed E-state index contributed by atoms with van der Waals surface area (Å²) in [6.07, 6.45) is 1.63. The normalized spacial score (nSPS) is 10.6. The van der Waals surface area contributed by atoms with Gasteiger partial charge in [-0.05, 0) is 55.1 Å². The first kappa shape index (κ1) is 17.3. The van der Waals surface area contributed by atoms with Crippen molar-refractivity contribution in [1.82, 2.24) is 4.90 Å². The highest BCUT2D eigenvalue weighted by Crippen LogP contribution is 2.24. The number of benzene rings is 1. The zero-order chi connectivity index (χ0) is 17.6. The summed E-state index contributed by atoms with van der Waals surface area (Å²) >= 11 is 1.66. The summed E-state index contributed by atoms with van der Waals surface area (Å²) < 4.78 is 11.1. The van der Waals surface area contributed by atoms with Crippen LogP contribution in [0.1, 0.15) is 33.5 Å². The van der Waals surface area contributed by atoms with Crippen molar-refractivity contribution in [2.45, 2.75) is 26.9 Å². The van der Waals surface area contributed by atoms with Crippen molar-refractivity contribution in [1.29, 1.82) is 0 Å². The molecule has 2 aromatic heterocycles. The van der Waals surface area contributed by atoms with Crippen LogP contribution in [0.15, 0.2) is 58.5 Å². The first-order valence-corrected chi connectivity index (χ1v) is 9.13. The van der Waals surface area contributed by atoms with Crippen molar-refractivity contribution in [3.63, 3.8) is 0 Å². The number of thiophene rings is 1. The van der Waals surface area contributed by atoms with Crippen molar-refractivity contribution in [3.8, 4) is 5.75 Å². The summed E-state index contributed by atoms with van der Waals surface area (Å²) in [5.41, 5.74) is 1.77. The van der Waals surface area contributed by atoms with Crippen molar-refractivity contribution >= 4 is 17.2 Å². The Bertz CT molecular complexity index is 823. The van der Waals surface area contributed by atoms with Crippen LogP contribution in [-0.4, -0.2) is 17.4 Å². The fourth-order valence-corrected chi connectivity index (χ4v) is 3.55. The highest BCUT2D eigenvalue weighted by molar-refractivity contribution is 7.10. The molecule has 25 heavy (non-hydrogen) atoms. The monoisotopic (exact) mass is 355 g/mol. The molecule has 0 unspecified atom stereocenters. The van der Waals surface area contributed by atoms with Gasteiger partial charge in [-0.3, -0.25) is 4.79 Å². The molecule has 0 spiro atoms. The van der Waals surface area contributed by atoms with Gasteiger partial charge in [0.25, 0.3) is 5.91 Å². The molecule has 0 aliphatic carbocycles. The van der Waals surface area contributed by atoms with Crippen LogP contribution in [0.4, 0.5) is 0 Å². The minimum absolute atomic E-state index is 0.0618. The van der Waals surface area contributed by atoms with E-state index in [1.807, 2.05) is 48.7 Å². The molecule has 0 saturated heterocycles. The molecule has 3 rings (SSSR count). The predicted molar refractivity (Wildman–Crippen MR) is 99.0 cm³/mol. The number of furan rings is 1. The lowest BCUT2D eigenvalue weighted by atomic mass is 10.1. The quantitative estimate of drug-likeness (QED) is 0.606. The minimum atomic E-state index is -0.0618. The molecule has 4 nitrogen and oxygen atoms in total. The van der Waals surface area contributed by atoms with Crippen molar-refractivity contribution < 1.29 is 13.9 Å². The fourth-order valence-electron chi connectivity index (χ4n) is 2.62. The summed E-state index contributed by atoms with van der Waals surface area (Å²) in [4.78, 5) is 16.2. The Hall–Kier alpha value is -2.53. The Balaban J connectivity index is 1.90. The minimum Gasteiger partial charge on any atom is -0.493 e. The van der Waals surface area contributed by atoms with Gasteiger partial charge in [0.2, 0.25) is 0 Å². The summed E-state index contributed by atoms with van der Waals surface area (Å²) in [5, 5.41) is 2.05. The Kier molecular flexibility index (Phi) is 5.56. The molecule has 1 aromatic carbocycles. The van der Waals surface area contributed by atoms with E-state index in [2.05, 4.69) is 13.0 Å². The van der Waals surface area contributed by atoms with Gasteiger partial charge in [0, 0.05) is 4.88 Å². The first-order chi connectivity index (χ1) is 12.2. The molecule has 0 saturated carbocycles. The average Bonchev–Trinajstić information content (AvgIpc) is 3.27. The number of aryl methyl sites for hydroxylation is 1. The highest BCUT2D eigenvalue weighted by Gasteiger charge is 2.22. The van der Waals surface area contributed by atoms with Gasteiger partial charge in [0.05, 0.1) is 31.5 Å². The number of carbonyl (C=O) groups excluding carboxylic acids is 1. The number of hydrogen-bond acceptors (Lipinski definition) is 4. The summed E-state index contributed by atoms with van der Waals surface area (Å²) in [5.74, 6) is 1.31. The van der Waals surface area contributed by atoms with E-state index < -0.39 is 0 Å². The van der Waals surface area contributed by atoms with Gasteiger partial charge in [-0.2, -0.15) is 0 Å². The van der Waals surface area contributed by atoms with E-state index in [4.69, 9.17) is 9.15 Å². The maximum absolute atomic E-state index is 13.2. The van der Waals surface area contributed by atoms with E-state index in [0.29, 0.717) is 31.0 Å². The Morgan fingerprint density at radius 3 is 2.68 bits per heavy atom. The van der Waals surface area contributed by atoms with Crippen molar-refractivity contribution in [2.24, 2.45) is 0 Å². The second-order valence-electron chi connectivity index (χ2n) is 5.70. The van der Waals surface area contributed by atoms with Gasteiger partial charge in [0.1, 0.15) is 11.5 Å². The van der Waals surface area contributed by atoms with Crippen LogP contribution < -0.4 is 4.74 Å². The van der Waals surface area contributed by atoms with Crippen LogP contribution in [-0.2, 0) is 13.1 Å². The molecule has 0 fully saturated rings. The molecule has 2 heterocycles. The van der Waals surface area contributed by atoms with Gasteiger partial charge >= 0.3 is 0 Å². The average molecular weight is 355 g/mol. The summed E-state index contributed by atoms with van der Waals surface area (Å²) in [6, 6.07) is 13.2. The first-order valence-electron chi connectivity index (χ1n) is 8.25. The standard InChI is InChI=1S/C20H21NO3S/c1-3-23-18-9-5-4-8-17(18)20(22)21(13-16-7-6-11-24-16)14-19-15(2)10-12-25-19/h4-12H,3,13-14H2,1-2H3. The third-order valence-corrected chi connectivity index (χ3v) is 4.94. The van der Waals surface area contributed by atoms with Crippen LogP contribution in [0.5, 0.6) is 5.75 Å². The maximum atomic E-state index is 13.2. The van der Waals surface area contributed by atoms with Crippen LogP contribution in [0, 0.1) is 6.92 Å². The Labute approximate surface area is 151 Å². The molecule has 130 valence electrons. The van der Waals surface area contributed by atoms with Gasteiger partial charge in [0.15, 0.2) is 0 Å². The molecule has 0 N–H and O–H groups in total. The number of para-hydroxylation sites is 1. The zero-order valence-corrected chi connectivity index (χ0v) is 15.2. The number of ether oxygens (including phenoxy) is 1. The summed E-state index contributed by atoms with van der Waals surface area (Å²) in [6.45, 7) is 5.46. The van der Waals surface area contributed by atoms with Crippen LogP contribution >= 0.6 is 11.3 Å². The third kappa shape index (κ3) is 4.12. The molecule has 0 aliphatic rings. The second-order valence-corrected chi connectivity index (χ2v) is 6.70. The molecule has 0 atom stereocenters. The van der Waals surface area contributed by atoms with E-state index in [9.17, 15) is 4.79 Å². The zero-order valence-electron chi connectivity index (χ0n) is 14.4. The highest BCUT2D eigenvalue weighted by atomic mass is 32.1. The van der Waals surface area contributed by atoms with Gasteiger partial charge in [-0.25, -0.2) is 0 Å². The molecular weight excluding hydrogens is 334 g/mol. The van der Waals surface area contributed by atoms with E-state index in [0.717, 1.165) is 5.76 Å². The van der Waals surface area contributed by atoms with E-state index in [1.54, 1.807) is 22.5 Å². The number of rotatable bonds is 7. The lowest BCUT2D eigenvalue weighted by molar-refractivity contribution is 0.0715. The number of nitrogens with zero attached hydrogens (tertiary/aromatic N) is 1. The van der Waals surface area contributed by atoms with Crippen LogP contribution in [0.3, 0.4) is 0 Å². The molecule has 0 bridgehead atoms. The topological polar surface area (TPSA) is 42.7 Å². The summed E-state index contributed by atoms with van der Waals surface area (Å²) in [7, 11) is 0. The van der Waals surface area contributed by atoms with E-state index in [1.165, 1.54) is 10.4 Å². The number of amides is 1. The van der Waals surface area contributed by atoms with E-state index in [-0.39, 0.29) is 5.91 Å². The Morgan fingerprint density at radius 2 is 2.00 bits per heavy atom. The predicted octanol–water partition coefficient (Wildman–Crippen LogP) is 4.89. The number of hydrogen-bond donors (Lipinski definition) is 0. The lowest BCUT2D eigenvalue weighted by Crippen LogP contribution is -2.30. The SMILES string of the molecule is CCOc1ccccc1C(=O)N(Cc1ccco1)Cc1sccc1C. The smallest absolute Gasteiger partial charge is 0.258 e. The third-order valence-electron chi connectivity index (χ3n) is 3.93. The second kappa shape index (κ2) is 8.03. The lowest BCUT2D eigenvalue weighted by Gasteiger charge is -2.23. The van der Waals surface area contributed by atoms with Gasteiger partial charge in [-0.15, -0.1) is 11.3 Å². The molecular formula is C20H21NO3S. The van der Waals surface area contributed by atoms with E-state index >= 15 is 0 Å². The Morgan fingerprint density at radius 1 is 1.16 bits per heavy atom. The maximum Gasteiger partial charge on any atom is 0.258 e. The van der Waals surface area contributed by atoms with Crippen molar-refractivity contribution in [2.75, 3.05) is 6.61 Å². The number of carbonyl (C=O) groups is 1. The molecule has 5 heteroatoms.